The van der Waals surface area contributed by atoms with Crippen molar-refractivity contribution in [2.75, 3.05) is 19.6 Å². The molecule has 1 aromatic carbocycles. The largest absolute Gasteiger partial charge is 0.416 e. The lowest BCUT2D eigenvalue weighted by molar-refractivity contribution is -0.138. The summed E-state index contributed by atoms with van der Waals surface area (Å²) in [6.07, 6.45) is -2.61. The molecule has 0 bridgehead atoms. The monoisotopic (exact) mass is 446 g/mol. The molecule has 5 nitrogen and oxygen atoms in total. The zero-order valence-electron chi connectivity index (χ0n) is 18.6. The number of amides is 1. The number of hydrogen-bond donors (Lipinski definition) is 0. The average molecular weight is 447 g/mol. The molecule has 1 aromatic heterocycles. The lowest BCUT2D eigenvalue weighted by Crippen LogP contribution is -2.39. The van der Waals surface area contributed by atoms with Crippen LogP contribution in [-0.4, -0.2) is 45.1 Å². The van der Waals surface area contributed by atoms with Crippen molar-refractivity contribution >= 4 is 5.91 Å². The Bertz CT molecular complexity index is 1020. The Hall–Kier alpha value is -2.77. The number of fused-ring (bicyclic) bond motifs is 1. The maximum atomic E-state index is 13.4. The van der Waals surface area contributed by atoms with Crippen LogP contribution in [0.4, 0.5) is 13.2 Å². The van der Waals surface area contributed by atoms with Gasteiger partial charge < -0.3 is 9.80 Å². The van der Waals surface area contributed by atoms with Crippen LogP contribution < -0.4 is 0 Å². The molecule has 2 aromatic rings. The van der Waals surface area contributed by atoms with E-state index in [0.29, 0.717) is 50.3 Å². The smallest absolute Gasteiger partial charge is 0.369 e. The molecule has 2 aliphatic heterocycles. The van der Waals surface area contributed by atoms with Crippen LogP contribution in [0, 0.1) is 0 Å². The third kappa shape index (κ3) is 4.14. The summed E-state index contributed by atoms with van der Waals surface area (Å²) in [7, 11) is 0. The summed E-state index contributed by atoms with van der Waals surface area (Å²) in [5, 5.41) is 4.62. The van der Waals surface area contributed by atoms with Gasteiger partial charge in [-0.25, -0.2) is 0 Å². The first-order chi connectivity index (χ1) is 15.2. The Morgan fingerprint density at radius 2 is 1.84 bits per heavy atom. The number of allylic oxidation sites excluding steroid dienone is 1. The van der Waals surface area contributed by atoms with Crippen molar-refractivity contribution in [3.05, 3.63) is 64.6 Å². The molecule has 0 saturated carbocycles. The van der Waals surface area contributed by atoms with Crippen LogP contribution in [0.15, 0.2) is 36.5 Å². The van der Waals surface area contributed by atoms with E-state index >= 15 is 0 Å². The molecule has 1 fully saturated rings. The highest BCUT2D eigenvalue weighted by Crippen LogP contribution is 2.39. The van der Waals surface area contributed by atoms with Crippen molar-refractivity contribution in [3.63, 3.8) is 0 Å². The van der Waals surface area contributed by atoms with Gasteiger partial charge in [0.25, 0.3) is 5.91 Å². The van der Waals surface area contributed by atoms with Crippen molar-refractivity contribution in [1.29, 1.82) is 0 Å². The van der Waals surface area contributed by atoms with E-state index in [1.54, 1.807) is 17.0 Å². The predicted octanol–water partition coefficient (Wildman–Crippen LogP) is 4.83. The first-order valence-electron chi connectivity index (χ1n) is 11.1. The number of likely N-dealkylation sites (tertiary alicyclic amines) is 1. The Kier molecular flexibility index (Phi) is 6.05. The molecule has 0 radical (unpaired) electrons. The topological polar surface area (TPSA) is 41.4 Å². The molecule has 4 rings (SSSR count). The van der Waals surface area contributed by atoms with Gasteiger partial charge in [-0.2, -0.15) is 18.3 Å². The van der Waals surface area contributed by atoms with Gasteiger partial charge in [-0.1, -0.05) is 24.8 Å². The molecule has 0 spiro atoms. The van der Waals surface area contributed by atoms with Crippen molar-refractivity contribution in [3.8, 4) is 0 Å². The fraction of sp³-hybridized carbons (Fsp3) is 0.500. The van der Waals surface area contributed by atoms with Crippen LogP contribution >= 0.6 is 0 Å². The second-order valence-electron chi connectivity index (χ2n) is 8.65. The SMILES string of the molecule is C=C(C)N1CCc2c(C(=O)N3CCC(c4ccccc4C(F)(F)F)CC3)nn(CC)c2C1. The molecule has 32 heavy (non-hydrogen) atoms. The van der Waals surface area contributed by atoms with Gasteiger partial charge in [0, 0.05) is 37.4 Å². The lowest BCUT2D eigenvalue weighted by Gasteiger charge is -2.33. The summed E-state index contributed by atoms with van der Waals surface area (Å²) in [5.74, 6) is -0.317. The minimum atomic E-state index is -4.37. The quantitative estimate of drug-likeness (QED) is 0.675. The van der Waals surface area contributed by atoms with Crippen LogP contribution in [-0.2, 0) is 25.7 Å². The van der Waals surface area contributed by atoms with Crippen molar-refractivity contribution in [2.24, 2.45) is 0 Å². The fourth-order valence-electron chi connectivity index (χ4n) is 4.89. The number of halogens is 3. The summed E-state index contributed by atoms with van der Waals surface area (Å²) in [5.41, 5.74) is 3.31. The fourth-order valence-corrected chi connectivity index (χ4v) is 4.89. The number of aromatic nitrogens is 2. The summed E-state index contributed by atoms with van der Waals surface area (Å²) in [6.45, 7) is 11.0. The minimum Gasteiger partial charge on any atom is -0.369 e. The van der Waals surface area contributed by atoms with Crippen LogP contribution in [0.3, 0.4) is 0 Å². The van der Waals surface area contributed by atoms with E-state index in [0.717, 1.165) is 36.0 Å². The molecule has 8 heteroatoms. The van der Waals surface area contributed by atoms with E-state index in [1.165, 1.54) is 6.07 Å². The van der Waals surface area contributed by atoms with Gasteiger partial charge in [0.1, 0.15) is 0 Å². The summed E-state index contributed by atoms with van der Waals surface area (Å²) in [4.78, 5) is 17.3. The summed E-state index contributed by atoms with van der Waals surface area (Å²) in [6, 6.07) is 5.79. The van der Waals surface area contributed by atoms with Gasteiger partial charge in [-0.15, -0.1) is 0 Å². The molecule has 3 heterocycles. The standard InChI is InChI=1S/C24H29F3N4O/c1-4-31-21-15-30(16(2)3)14-11-19(21)22(28-31)23(32)29-12-9-17(10-13-29)18-7-5-6-8-20(18)24(25,26)27/h5-8,17H,2,4,9-15H2,1,3H3. The molecular formula is C24H29F3N4O. The first-order valence-corrected chi connectivity index (χ1v) is 11.1. The van der Waals surface area contributed by atoms with Gasteiger partial charge in [0.2, 0.25) is 0 Å². The van der Waals surface area contributed by atoms with Crippen molar-refractivity contribution < 1.29 is 18.0 Å². The normalized spacial score (nSPS) is 17.4. The second kappa shape index (κ2) is 8.64. The van der Waals surface area contributed by atoms with E-state index < -0.39 is 11.7 Å². The highest BCUT2D eigenvalue weighted by atomic mass is 19.4. The maximum Gasteiger partial charge on any atom is 0.416 e. The molecule has 0 aliphatic carbocycles. The molecule has 1 amide bonds. The van der Waals surface area contributed by atoms with Gasteiger partial charge in [0.05, 0.1) is 17.8 Å². The van der Waals surface area contributed by atoms with Crippen LogP contribution in [0.25, 0.3) is 0 Å². The number of benzene rings is 1. The Balaban J connectivity index is 1.50. The molecule has 1 saturated heterocycles. The second-order valence-corrected chi connectivity index (χ2v) is 8.65. The van der Waals surface area contributed by atoms with Gasteiger partial charge >= 0.3 is 6.18 Å². The number of carbonyl (C=O) groups is 1. The molecule has 0 N–H and O–H groups in total. The van der Waals surface area contributed by atoms with Crippen molar-refractivity contribution in [2.45, 2.75) is 58.3 Å². The highest BCUT2D eigenvalue weighted by molar-refractivity contribution is 5.94. The van der Waals surface area contributed by atoms with Gasteiger partial charge in [-0.3, -0.25) is 9.48 Å². The summed E-state index contributed by atoms with van der Waals surface area (Å²) >= 11 is 0. The van der Waals surface area contributed by atoms with E-state index in [4.69, 9.17) is 0 Å². The number of rotatable bonds is 4. The highest BCUT2D eigenvalue weighted by Gasteiger charge is 2.37. The number of aryl methyl sites for hydroxylation is 1. The average Bonchev–Trinajstić information content (AvgIpc) is 3.16. The third-order valence-corrected chi connectivity index (χ3v) is 6.67. The third-order valence-electron chi connectivity index (χ3n) is 6.67. The molecule has 2 aliphatic rings. The first kappa shape index (κ1) is 22.4. The predicted molar refractivity (Wildman–Crippen MR) is 116 cm³/mol. The minimum absolute atomic E-state index is 0.111. The maximum absolute atomic E-state index is 13.4. The molecule has 0 unspecified atom stereocenters. The van der Waals surface area contributed by atoms with Crippen molar-refractivity contribution in [1.82, 2.24) is 19.6 Å². The van der Waals surface area contributed by atoms with E-state index in [-0.39, 0.29) is 11.8 Å². The molecule has 0 atom stereocenters. The van der Waals surface area contributed by atoms with Crippen LogP contribution in [0.1, 0.15) is 65.5 Å². The number of nitrogens with zero attached hydrogens (tertiary/aromatic N) is 4. The number of alkyl halides is 3. The van der Waals surface area contributed by atoms with Gasteiger partial charge in [0.15, 0.2) is 5.69 Å². The molecule has 172 valence electrons. The number of piperidine rings is 1. The Labute approximate surface area is 186 Å². The van der Waals surface area contributed by atoms with Gasteiger partial charge in [-0.05, 0) is 50.7 Å². The number of hydrogen-bond acceptors (Lipinski definition) is 3. The zero-order chi connectivity index (χ0) is 23.0. The van der Waals surface area contributed by atoms with E-state index in [2.05, 4.69) is 16.6 Å². The Morgan fingerprint density at radius 1 is 1.16 bits per heavy atom. The summed E-state index contributed by atoms with van der Waals surface area (Å²) < 4.78 is 42.2. The lowest BCUT2D eigenvalue weighted by atomic mass is 9.86. The molecular weight excluding hydrogens is 417 g/mol. The van der Waals surface area contributed by atoms with Crippen LogP contribution in [0.5, 0.6) is 0 Å². The van der Waals surface area contributed by atoms with E-state index in [9.17, 15) is 18.0 Å². The van der Waals surface area contributed by atoms with E-state index in [1.807, 2.05) is 18.5 Å². The Morgan fingerprint density at radius 3 is 2.47 bits per heavy atom. The van der Waals surface area contributed by atoms with Crippen LogP contribution in [0.2, 0.25) is 0 Å². The zero-order valence-corrected chi connectivity index (χ0v) is 18.6. The number of carbonyl (C=O) groups excluding carboxylic acids is 1.